The fourth-order valence-electron chi connectivity index (χ4n) is 3.58. The van der Waals surface area contributed by atoms with Gasteiger partial charge in [-0.1, -0.05) is 23.5 Å². The fraction of sp³-hybridized carbons (Fsp3) is 0.0800. The quantitative estimate of drug-likeness (QED) is 0.279. The summed E-state index contributed by atoms with van der Waals surface area (Å²) in [5.41, 5.74) is 5.31. The van der Waals surface area contributed by atoms with E-state index in [0.717, 1.165) is 15.8 Å². The third kappa shape index (κ3) is 4.34. The number of amides is 1. The van der Waals surface area contributed by atoms with E-state index in [1.54, 1.807) is 32.4 Å². The second-order valence-corrected chi connectivity index (χ2v) is 8.58. The van der Waals surface area contributed by atoms with Crippen molar-refractivity contribution in [3.8, 4) is 22.1 Å². The van der Waals surface area contributed by atoms with Gasteiger partial charge < -0.3 is 4.74 Å². The molecule has 0 saturated heterocycles. The number of carbonyl (C=O) groups excluding carboxylic acids is 1. The van der Waals surface area contributed by atoms with Gasteiger partial charge in [0, 0.05) is 18.0 Å². The maximum atomic E-state index is 13.6. The lowest BCUT2D eigenvalue weighted by molar-refractivity contribution is 0.0954. The molecule has 1 amide bonds. The van der Waals surface area contributed by atoms with Crippen molar-refractivity contribution in [2.45, 2.75) is 6.92 Å². The molecule has 35 heavy (non-hydrogen) atoms. The minimum absolute atomic E-state index is 0.320. The number of pyridine rings is 1. The molecule has 0 fully saturated rings. The highest BCUT2D eigenvalue weighted by molar-refractivity contribution is 7.20. The van der Waals surface area contributed by atoms with Crippen molar-refractivity contribution >= 4 is 33.2 Å². The number of benzene rings is 2. The van der Waals surface area contributed by atoms with E-state index in [1.807, 2.05) is 48.5 Å². The minimum Gasteiger partial charge on any atom is -0.497 e. The van der Waals surface area contributed by atoms with E-state index in [2.05, 4.69) is 25.6 Å². The molecule has 0 radical (unpaired) electrons. The molecule has 2 N–H and O–H groups in total. The second kappa shape index (κ2) is 9.35. The van der Waals surface area contributed by atoms with Gasteiger partial charge in [0.2, 0.25) is 5.13 Å². The monoisotopic (exact) mass is 484 g/mol. The molecule has 0 aliphatic rings. The van der Waals surface area contributed by atoms with Crippen molar-refractivity contribution < 1.29 is 9.53 Å². The number of ether oxygens (including phenoxy) is 1. The van der Waals surface area contributed by atoms with E-state index < -0.39 is 5.91 Å². The maximum absolute atomic E-state index is 13.6. The van der Waals surface area contributed by atoms with Crippen LogP contribution in [0.2, 0.25) is 0 Å². The summed E-state index contributed by atoms with van der Waals surface area (Å²) in [5.74, 6) is 0.267. The number of nitrogens with zero attached hydrogens (tertiary/aromatic N) is 4. The zero-order valence-electron chi connectivity index (χ0n) is 18.9. The summed E-state index contributed by atoms with van der Waals surface area (Å²) in [4.78, 5) is 34.6. The smallest absolute Gasteiger partial charge is 0.283 e. The number of fused-ring (bicyclic) bond motifs is 1. The van der Waals surface area contributed by atoms with E-state index in [-0.39, 0.29) is 5.56 Å². The van der Waals surface area contributed by atoms with Gasteiger partial charge in [0.1, 0.15) is 5.75 Å². The molecule has 10 heteroatoms. The average Bonchev–Trinajstić information content (AvgIpc) is 3.48. The molecule has 5 rings (SSSR count). The van der Waals surface area contributed by atoms with Crippen molar-refractivity contribution in [2.75, 3.05) is 7.11 Å². The highest BCUT2D eigenvalue weighted by Crippen LogP contribution is 2.27. The first-order valence-corrected chi connectivity index (χ1v) is 11.5. The third-order valence-electron chi connectivity index (χ3n) is 5.35. The lowest BCUT2D eigenvalue weighted by Gasteiger charge is -2.05. The molecular formula is C25H20N6O3S. The zero-order valence-corrected chi connectivity index (χ0v) is 19.7. The van der Waals surface area contributed by atoms with Gasteiger partial charge in [0.25, 0.3) is 11.5 Å². The number of aromatic nitrogens is 4. The van der Waals surface area contributed by atoms with Crippen LogP contribution in [0.3, 0.4) is 0 Å². The standard InChI is InChI=1S/C25H20N6O3S/c1-15(28-29-23(32)17-6-5-13-26-14-17)21-22(16-9-11-18(34-2)12-10-16)30-31(24(21)33)25-27-19-7-3-4-8-20(19)35-25/h3-14,30H,1-2H3,(H,29,32)/b28-15+. The number of H-pyrrole nitrogens is 1. The Labute approximate surface area is 203 Å². The van der Waals surface area contributed by atoms with Gasteiger partial charge in [0.15, 0.2) is 0 Å². The number of aromatic amines is 1. The number of thiazole rings is 1. The van der Waals surface area contributed by atoms with Gasteiger partial charge in [-0.05, 0) is 55.5 Å². The van der Waals surface area contributed by atoms with Crippen LogP contribution >= 0.6 is 11.3 Å². The molecule has 0 aliphatic carbocycles. The van der Waals surface area contributed by atoms with Crippen molar-refractivity contribution in [2.24, 2.45) is 5.10 Å². The number of hydrogen-bond acceptors (Lipinski definition) is 7. The Hall–Kier alpha value is -4.57. The Morgan fingerprint density at radius 2 is 1.91 bits per heavy atom. The molecule has 0 bridgehead atoms. The van der Waals surface area contributed by atoms with Crippen LogP contribution in [0.25, 0.3) is 26.6 Å². The van der Waals surface area contributed by atoms with Crippen LogP contribution < -0.4 is 15.7 Å². The first kappa shape index (κ1) is 22.2. The van der Waals surface area contributed by atoms with Crippen molar-refractivity contribution in [3.63, 3.8) is 0 Å². The lowest BCUT2D eigenvalue weighted by atomic mass is 10.1. The fourth-order valence-corrected chi connectivity index (χ4v) is 4.51. The first-order chi connectivity index (χ1) is 17.0. The predicted molar refractivity (Wildman–Crippen MR) is 135 cm³/mol. The van der Waals surface area contributed by atoms with Crippen molar-refractivity contribution in [1.82, 2.24) is 25.2 Å². The SMILES string of the molecule is COc1ccc(-c2[nH]n(-c3nc4ccccc4s3)c(=O)c2/C(C)=N/NC(=O)c2cccnc2)cc1. The third-order valence-corrected chi connectivity index (χ3v) is 6.38. The molecule has 0 atom stereocenters. The van der Waals surface area contributed by atoms with Gasteiger partial charge in [-0.25, -0.2) is 10.4 Å². The largest absolute Gasteiger partial charge is 0.497 e. The van der Waals surface area contributed by atoms with Crippen molar-refractivity contribution in [1.29, 1.82) is 0 Å². The van der Waals surface area contributed by atoms with Gasteiger partial charge in [0.05, 0.1) is 39.9 Å². The van der Waals surface area contributed by atoms with E-state index in [4.69, 9.17) is 4.74 Å². The molecular weight excluding hydrogens is 464 g/mol. The number of hydrazone groups is 1. The summed E-state index contributed by atoms with van der Waals surface area (Å²) in [7, 11) is 1.59. The molecule has 3 aromatic heterocycles. The number of nitrogens with one attached hydrogen (secondary N) is 2. The van der Waals surface area contributed by atoms with Gasteiger partial charge in [-0.15, -0.1) is 0 Å². The summed E-state index contributed by atoms with van der Waals surface area (Å²) < 4.78 is 7.63. The van der Waals surface area contributed by atoms with Crippen LogP contribution in [0, 0.1) is 0 Å². The average molecular weight is 485 g/mol. The summed E-state index contributed by atoms with van der Waals surface area (Å²) >= 11 is 1.40. The van der Waals surface area contributed by atoms with Crippen LogP contribution in [0.15, 0.2) is 83.0 Å². The molecule has 2 aromatic carbocycles. The Morgan fingerprint density at radius 3 is 2.63 bits per heavy atom. The van der Waals surface area contributed by atoms with Gasteiger partial charge in [-0.2, -0.15) is 9.78 Å². The number of methoxy groups -OCH3 is 1. The van der Waals surface area contributed by atoms with E-state index >= 15 is 0 Å². The Morgan fingerprint density at radius 1 is 1.11 bits per heavy atom. The van der Waals surface area contributed by atoms with Crippen LogP contribution in [0.5, 0.6) is 5.75 Å². The molecule has 0 saturated carbocycles. The molecule has 0 spiro atoms. The lowest BCUT2D eigenvalue weighted by Crippen LogP contribution is -2.23. The molecule has 0 aliphatic heterocycles. The highest BCUT2D eigenvalue weighted by atomic mass is 32.1. The first-order valence-electron chi connectivity index (χ1n) is 10.7. The molecule has 0 unspecified atom stereocenters. The van der Waals surface area contributed by atoms with Crippen LogP contribution in [0.1, 0.15) is 22.8 Å². The molecule has 3 heterocycles. The van der Waals surface area contributed by atoms with Gasteiger partial charge >= 0.3 is 0 Å². The second-order valence-electron chi connectivity index (χ2n) is 7.57. The number of carbonyl (C=O) groups is 1. The summed E-state index contributed by atoms with van der Waals surface area (Å²) in [6.45, 7) is 1.67. The van der Waals surface area contributed by atoms with E-state index in [1.165, 1.54) is 22.2 Å². The Balaban J connectivity index is 1.60. The van der Waals surface area contributed by atoms with Crippen LogP contribution in [-0.4, -0.2) is 38.5 Å². The van der Waals surface area contributed by atoms with Gasteiger partial charge in [-0.3, -0.25) is 19.7 Å². The number of para-hydroxylation sites is 1. The Bertz CT molecular complexity index is 1570. The summed E-state index contributed by atoms with van der Waals surface area (Å²) in [6.07, 6.45) is 3.02. The number of hydrogen-bond donors (Lipinski definition) is 2. The van der Waals surface area contributed by atoms with E-state index in [9.17, 15) is 9.59 Å². The Kier molecular flexibility index (Phi) is 5.94. The molecule has 174 valence electrons. The zero-order chi connectivity index (χ0) is 24.4. The number of rotatable bonds is 6. The summed E-state index contributed by atoms with van der Waals surface area (Å²) in [5, 5.41) is 7.91. The van der Waals surface area contributed by atoms with Crippen LogP contribution in [0.4, 0.5) is 0 Å². The molecule has 9 nitrogen and oxygen atoms in total. The minimum atomic E-state index is -0.425. The van der Waals surface area contributed by atoms with Crippen molar-refractivity contribution in [3.05, 3.63) is 94.5 Å². The van der Waals surface area contributed by atoms with E-state index in [0.29, 0.717) is 33.4 Å². The van der Waals surface area contributed by atoms with Crippen LogP contribution in [-0.2, 0) is 0 Å². The maximum Gasteiger partial charge on any atom is 0.283 e. The topological polar surface area (TPSA) is 114 Å². The highest BCUT2D eigenvalue weighted by Gasteiger charge is 2.21. The normalized spacial score (nSPS) is 11.5. The predicted octanol–water partition coefficient (Wildman–Crippen LogP) is 4.00. The summed E-state index contributed by atoms with van der Waals surface area (Å²) in [6, 6.07) is 18.3. The molecule has 5 aromatic rings.